The van der Waals surface area contributed by atoms with Crippen LogP contribution >= 0.6 is 0 Å². The fraction of sp³-hybridized carbons (Fsp3) is 0.250. The van der Waals surface area contributed by atoms with E-state index >= 15 is 0 Å². The van der Waals surface area contributed by atoms with Crippen LogP contribution < -0.4 is 15.2 Å². The van der Waals surface area contributed by atoms with Gasteiger partial charge in [-0.15, -0.1) is 0 Å². The molecule has 3 nitrogen and oxygen atoms in total. The summed E-state index contributed by atoms with van der Waals surface area (Å²) in [6, 6.07) is 14.0. The molecule has 0 saturated carbocycles. The predicted molar refractivity (Wildman–Crippen MR) is 77.5 cm³/mol. The third-order valence-corrected chi connectivity index (χ3v) is 2.98. The fourth-order valence-corrected chi connectivity index (χ4v) is 2.01. The fourth-order valence-electron chi connectivity index (χ4n) is 2.01. The van der Waals surface area contributed by atoms with Gasteiger partial charge >= 0.3 is 0 Å². The molecule has 100 valence electrons. The first-order valence-corrected chi connectivity index (χ1v) is 6.38. The molecule has 2 aromatic rings. The minimum atomic E-state index is 0.522. The van der Waals surface area contributed by atoms with Gasteiger partial charge in [0.2, 0.25) is 0 Å². The monoisotopic (exact) mass is 257 g/mol. The summed E-state index contributed by atoms with van der Waals surface area (Å²) in [4.78, 5) is 0. The molecule has 0 aromatic heterocycles. The molecule has 2 rings (SSSR count). The second-order valence-corrected chi connectivity index (χ2v) is 4.20. The Morgan fingerprint density at radius 2 is 1.79 bits per heavy atom. The van der Waals surface area contributed by atoms with Crippen molar-refractivity contribution < 1.29 is 9.47 Å². The van der Waals surface area contributed by atoms with E-state index in [4.69, 9.17) is 15.2 Å². The molecule has 0 radical (unpaired) electrons. The molecular weight excluding hydrogens is 238 g/mol. The number of nitrogens with two attached hydrogens (primary N) is 1. The van der Waals surface area contributed by atoms with Gasteiger partial charge in [0, 0.05) is 12.1 Å². The lowest BCUT2D eigenvalue weighted by molar-refractivity contribution is 0.340. The maximum absolute atomic E-state index is 5.69. The van der Waals surface area contributed by atoms with E-state index in [1.807, 2.05) is 43.3 Å². The number of hydrogen-bond donors (Lipinski definition) is 1. The Labute approximate surface area is 114 Å². The Balaban J connectivity index is 2.38. The molecule has 0 aliphatic heterocycles. The summed E-state index contributed by atoms with van der Waals surface area (Å²) in [5.41, 5.74) is 8.92. The summed E-state index contributed by atoms with van der Waals surface area (Å²) in [7, 11) is 1.68. The summed E-state index contributed by atoms with van der Waals surface area (Å²) < 4.78 is 10.9. The molecule has 0 unspecified atom stereocenters. The van der Waals surface area contributed by atoms with Crippen LogP contribution in [0.4, 0.5) is 0 Å². The number of ether oxygens (including phenoxy) is 2. The Bertz CT molecular complexity index is 535. The van der Waals surface area contributed by atoms with Gasteiger partial charge in [0.05, 0.1) is 13.7 Å². The van der Waals surface area contributed by atoms with Crippen molar-refractivity contribution in [1.82, 2.24) is 0 Å². The zero-order valence-electron chi connectivity index (χ0n) is 11.3. The van der Waals surface area contributed by atoms with Gasteiger partial charge in [0.15, 0.2) is 0 Å². The van der Waals surface area contributed by atoms with Crippen LogP contribution in [-0.2, 0) is 6.54 Å². The minimum Gasteiger partial charge on any atom is -0.496 e. The molecular formula is C16H19NO2. The summed E-state index contributed by atoms with van der Waals surface area (Å²) in [6.45, 7) is 3.17. The molecule has 2 N–H and O–H groups in total. The molecule has 0 saturated heterocycles. The molecule has 0 bridgehead atoms. The van der Waals surface area contributed by atoms with Crippen molar-refractivity contribution in [2.75, 3.05) is 13.7 Å². The maximum atomic E-state index is 5.69. The van der Waals surface area contributed by atoms with E-state index in [0.717, 1.165) is 28.2 Å². The Hall–Kier alpha value is -2.00. The molecule has 0 amide bonds. The molecule has 0 spiro atoms. The minimum absolute atomic E-state index is 0.522. The van der Waals surface area contributed by atoms with E-state index in [1.54, 1.807) is 7.11 Å². The normalized spacial score (nSPS) is 10.3. The zero-order valence-corrected chi connectivity index (χ0v) is 11.3. The van der Waals surface area contributed by atoms with Gasteiger partial charge in [-0.2, -0.15) is 0 Å². The van der Waals surface area contributed by atoms with Crippen LogP contribution in [0.2, 0.25) is 0 Å². The van der Waals surface area contributed by atoms with Crippen molar-refractivity contribution in [1.29, 1.82) is 0 Å². The largest absolute Gasteiger partial charge is 0.496 e. The lowest BCUT2D eigenvalue weighted by Crippen LogP contribution is -1.97. The quantitative estimate of drug-likeness (QED) is 0.894. The van der Waals surface area contributed by atoms with Gasteiger partial charge in [-0.05, 0) is 42.3 Å². The van der Waals surface area contributed by atoms with Crippen molar-refractivity contribution in [2.24, 2.45) is 5.73 Å². The third-order valence-electron chi connectivity index (χ3n) is 2.98. The highest BCUT2D eigenvalue weighted by Gasteiger charge is 2.07. The van der Waals surface area contributed by atoms with Crippen LogP contribution in [0.25, 0.3) is 11.1 Å². The van der Waals surface area contributed by atoms with E-state index in [2.05, 4.69) is 6.07 Å². The van der Waals surface area contributed by atoms with Gasteiger partial charge in [0.1, 0.15) is 11.5 Å². The van der Waals surface area contributed by atoms with Gasteiger partial charge in [-0.25, -0.2) is 0 Å². The highest BCUT2D eigenvalue weighted by atomic mass is 16.5. The van der Waals surface area contributed by atoms with Gasteiger partial charge in [0.25, 0.3) is 0 Å². The molecule has 0 aliphatic carbocycles. The van der Waals surface area contributed by atoms with Gasteiger partial charge in [-0.1, -0.05) is 18.2 Å². The number of benzene rings is 2. The second-order valence-electron chi connectivity index (χ2n) is 4.20. The average molecular weight is 257 g/mol. The first-order chi connectivity index (χ1) is 9.28. The third kappa shape index (κ3) is 3.06. The summed E-state index contributed by atoms with van der Waals surface area (Å²) in [5.74, 6) is 1.72. The zero-order chi connectivity index (χ0) is 13.7. The smallest absolute Gasteiger partial charge is 0.126 e. The van der Waals surface area contributed by atoms with Crippen LogP contribution in [0.5, 0.6) is 11.5 Å². The summed E-state index contributed by atoms with van der Waals surface area (Å²) in [5, 5.41) is 0. The molecule has 0 aliphatic rings. The Morgan fingerprint density at radius 1 is 1.05 bits per heavy atom. The van der Waals surface area contributed by atoms with Crippen molar-refractivity contribution in [2.45, 2.75) is 13.5 Å². The summed E-state index contributed by atoms with van der Waals surface area (Å²) in [6.07, 6.45) is 0. The standard InChI is InChI=1S/C16H19NO2/c1-3-19-14-7-5-13(6-8-14)15-10-12(11-17)4-9-16(15)18-2/h4-10H,3,11,17H2,1-2H3. The lowest BCUT2D eigenvalue weighted by Gasteiger charge is -2.11. The Morgan fingerprint density at radius 3 is 2.37 bits per heavy atom. The topological polar surface area (TPSA) is 44.5 Å². The molecule has 0 atom stereocenters. The van der Waals surface area contributed by atoms with Crippen LogP contribution in [-0.4, -0.2) is 13.7 Å². The molecule has 3 heteroatoms. The first kappa shape index (κ1) is 13.4. The van der Waals surface area contributed by atoms with Crippen LogP contribution in [0, 0.1) is 0 Å². The van der Waals surface area contributed by atoms with Gasteiger partial charge < -0.3 is 15.2 Å². The van der Waals surface area contributed by atoms with Crippen molar-refractivity contribution in [3.8, 4) is 22.6 Å². The SMILES string of the molecule is CCOc1ccc(-c2cc(CN)ccc2OC)cc1. The second kappa shape index (κ2) is 6.25. The van der Waals surface area contributed by atoms with Crippen molar-refractivity contribution in [3.63, 3.8) is 0 Å². The highest BCUT2D eigenvalue weighted by molar-refractivity contribution is 5.71. The predicted octanol–water partition coefficient (Wildman–Crippen LogP) is 3.22. The molecule has 2 aromatic carbocycles. The Kier molecular flexibility index (Phi) is 4.42. The van der Waals surface area contributed by atoms with Crippen LogP contribution in [0.3, 0.4) is 0 Å². The maximum Gasteiger partial charge on any atom is 0.126 e. The van der Waals surface area contributed by atoms with Gasteiger partial charge in [-0.3, -0.25) is 0 Å². The van der Waals surface area contributed by atoms with E-state index in [-0.39, 0.29) is 0 Å². The highest BCUT2D eigenvalue weighted by Crippen LogP contribution is 2.31. The number of methoxy groups -OCH3 is 1. The van der Waals surface area contributed by atoms with E-state index in [1.165, 1.54) is 0 Å². The van der Waals surface area contributed by atoms with Crippen LogP contribution in [0.15, 0.2) is 42.5 Å². The van der Waals surface area contributed by atoms with Crippen molar-refractivity contribution in [3.05, 3.63) is 48.0 Å². The lowest BCUT2D eigenvalue weighted by atomic mass is 10.0. The van der Waals surface area contributed by atoms with Crippen LogP contribution in [0.1, 0.15) is 12.5 Å². The van der Waals surface area contributed by atoms with Crippen molar-refractivity contribution >= 4 is 0 Å². The molecule has 0 heterocycles. The van der Waals surface area contributed by atoms with E-state index in [0.29, 0.717) is 13.2 Å². The summed E-state index contributed by atoms with van der Waals surface area (Å²) >= 11 is 0. The first-order valence-electron chi connectivity index (χ1n) is 6.38. The molecule has 19 heavy (non-hydrogen) atoms. The average Bonchev–Trinajstić information content (AvgIpc) is 2.47. The number of rotatable bonds is 5. The molecule has 0 fully saturated rings. The number of hydrogen-bond acceptors (Lipinski definition) is 3. The van der Waals surface area contributed by atoms with E-state index in [9.17, 15) is 0 Å². The van der Waals surface area contributed by atoms with E-state index < -0.39 is 0 Å².